The molecule has 2 rings (SSSR count). The number of aliphatic hydroxyl groups excluding tert-OH is 1. The summed E-state index contributed by atoms with van der Waals surface area (Å²) in [6.45, 7) is 3.31. The number of methoxy groups -OCH3 is 1. The van der Waals surface area contributed by atoms with E-state index in [4.69, 9.17) is 15.6 Å². The molecule has 106 valence electrons. The molecule has 8 nitrogen and oxygen atoms in total. The molecule has 0 bridgehead atoms. The predicted molar refractivity (Wildman–Crippen MR) is 70.1 cm³/mol. The van der Waals surface area contributed by atoms with Crippen LogP contribution in [0.5, 0.6) is 0 Å². The van der Waals surface area contributed by atoms with Gasteiger partial charge in [0.1, 0.15) is 11.4 Å². The fourth-order valence-electron chi connectivity index (χ4n) is 2.12. The molecule has 1 fully saturated rings. The van der Waals surface area contributed by atoms with Gasteiger partial charge in [0, 0.05) is 26.2 Å². The first-order valence-electron chi connectivity index (χ1n) is 6.20. The molecule has 8 heteroatoms. The maximum Gasteiger partial charge on any atom is 0.345 e. The van der Waals surface area contributed by atoms with Crippen LogP contribution in [0, 0.1) is 0 Å². The number of carbonyl (C=O) groups excluding carboxylic acids is 1. The quantitative estimate of drug-likeness (QED) is 0.580. The molecule has 1 aliphatic heterocycles. The molecule has 1 aliphatic rings. The molecular weight excluding hydrogens is 250 g/mol. The number of piperazine rings is 1. The largest absolute Gasteiger partial charge is 0.465 e. The van der Waals surface area contributed by atoms with Gasteiger partial charge in [-0.1, -0.05) is 0 Å². The van der Waals surface area contributed by atoms with Gasteiger partial charge in [0.05, 0.1) is 20.3 Å². The Morgan fingerprint density at radius 2 is 2.21 bits per heavy atom. The summed E-state index contributed by atoms with van der Waals surface area (Å²) in [7, 11) is 1.31. The van der Waals surface area contributed by atoms with Crippen molar-refractivity contribution in [2.75, 3.05) is 50.5 Å². The fourth-order valence-corrected chi connectivity index (χ4v) is 2.12. The Morgan fingerprint density at radius 3 is 2.79 bits per heavy atom. The summed E-state index contributed by atoms with van der Waals surface area (Å²) in [5, 5.41) is 16.5. The standard InChI is InChI=1S/C11H19N5O3/c1-19-11(18)8-9(12)16(6-7-17)14-10(8)15-4-2-13-3-5-15/h13,17H,2-7,12H2,1H3. The van der Waals surface area contributed by atoms with Crippen molar-refractivity contribution in [3.8, 4) is 0 Å². The summed E-state index contributed by atoms with van der Waals surface area (Å²) in [5.74, 6) is 0.254. The van der Waals surface area contributed by atoms with E-state index in [9.17, 15) is 4.79 Å². The molecule has 0 atom stereocenters. The number of esters is 1. The van der Waals surface area contributed by atoms with Crippen LogP contribution in [-0.4, -0.2) is 60.8 Å². The molecule has 0 amide bonds. The second kappa shape index (κ2) is 5.89. The lowest BCUT2D eigenvalue weighted by atomic mass is 10.2. The molecule has 1 aromatic rings. The number of ether oxygens (including phenoxy) is 1. The van der Waals surface area contributed by atoms with Crippen molar-refractivity contribution in [1.29, 1.82) is 0 Å². The van der Waals surface area contributed by atoms with Gasteiger partial charge in [-0.3, -0.25) is 0 Å². The second-order valence-electron chi connectivity index (χ2n) is 4.26. The molecule has 1 aromatic heterocycles. The Balaban J connectivity index is 2.38. The summed E-state index contributed by atoms with van der Waals surface area (Å²) in [4.78, 5) is 13.8. The Kier molecular flexibility index (Phi) is 4.23. The number of aliphatic hydroxyl groups is 1. The lowest BCUT2D eigenvalue weighted by Crippen LogP contribution is -2.44. The van der Waals surface area contributed by atoms with E-state index in [0.29, 0.717) is 5.82 Å². The number of anilines is 2. The molecule has 0 aromatic carbocycles. The molecular formula is C11H19N5O3. The summed E-state index contributed by atoms with van der Waals surface area (Å²) >= 11 is 0. The zero-order valence-corrected chi connectivity index (χ0v) is 10.9. The van der Waals surface area contributed by atoms with Crippen molar-refractivity contribution < 1.29 is 14.6 Å². The van der Waals surface area contributed by atoms with Gasteiger partial charge in [0.15, 0.2) is 5.82 Å². The number of nitrogens with zero attached hydrogens (tertiary/aromatic N) is 3. The van der Waals surface area contributed by atoms with Crippen LogP contribution in [0.1, 0.15) is 10.4 Å². The van der Waals surface area contributed by atoms with Crippen LogP contribution in [0.4, 0.5) is 11.6 Å². The van der Waals surface area contributed by atoms with E-state index in [1.807, 2.05) is 4.90 Å². The first-order chi connectivity index (χ1) is 9.19. The van der Waals surface area contributed by atoms with Crippen LogP contribution in [0.25, 0.3) is 0 Å². The predicted octanol–water partition coefficient (Wildman–Crippen LogP) is -1.35. The minimum absolute atomic E-state index is 0.0898. The third-order valence-electron chi connectivity index (χ3n) is 3.09. The van der Waals surface area contributed by atoms with Crippen molar-refractivity contribution in [1.82, 2.24) is 15.1 Å². The van der Waals surface area contributed by atoms with E-state index in [1.54, 1.807) is 0 Å². The molecule has 0 spiro atoms. The third-order valence-corrected chi connectivity index (χ3v) is 3.09. The lowest BCUT2D eigenvalue weighted by molar-refractivity contribution is 0.0602. The van der Waals surface area contributed by atoms with Gasteiger partial charge < -0.3 is 25.8 Å². The summed E-state index contributed by atoms with van der Waals surface area (Å²) in [6, 6.07) is 0. The number of hydrogen-bond donors (Lipinski definition) is 3. The van der Waals surface area contributed by atoms with Crippen LogP contribution in [0.15, 0.2) is 0 Å². The van der Waals surface area contributed by atoms with Gasteiger partial charge >= 0.3 is 5.97 Å². The molecule has 0 unspecified atom stereocenters. The smallest absolute Gasteiger partial charge is 0.345 e. The molecule has 0 radical (unpaired) electrons. The topological polar surface area (TPSA) is 106 Å². The normalized spacial score (nSPS) is 15.6. The molecule has 0 aliphatic carbocycles. The van der Waals surface area contributed by atoms with E-state index in [-0.39, 0.29) is 24.5 Å². The Bertz CT molecular complexity index is 453. The third kappa shape index (κ3) is 2.64. The van der Waals surface area contributed by atoms with Crippen LogP contribution in [-0.2, 0) is 11.3 Å². The first-order valence-corrected chi connectivity index (χ1v) is 6.20. The van der Waals surface area contributed by atoms with Crippen molar-refractivity contribution in [2.24, 2.45) is 0 Å². The maximum atomic E-state index is 11.9. The first kappa shape index (κ1) is 13.6. The monoisotopic (exact) mass is 269 g/mol. The lowest BCUT2D eigenvalue weighted by Gasteiger charge is -2.27. The van der Waals surface area contributed by atoms with Crippen LogP contribution in [0.3, 0.4) is 0 Å². The van der Waals surface area contributed by atoms with Gasteiger partial charge in [-0.15, -0.1) is 0 Å². The maximum absolute atomic E-state index is 11.9. The minimum atomic E-state index is -0.504. The molecule has 1 saturated heterocycles. The van der Waals surface area contributed by atoms with Gasteiger partial charge in [0.2, 0.25) is 0 Å². The van der Waals surface area contributed by atoms with Gasteiger partial charge in [0.25, 0.3) is 0 Å². The highest BCUT2D eigenvalue weighted by Gasteiger charge is 2.27. The van der Waals surface area contributed by atoms with Crippen LogP contribution < -0.4 is 16.0 Å². The average Bonchev–Trinajstić information content (AvgIpc) is 2.77. The minimum Gasteiger partial charge on any atom is -0.465 e. The zero-order chi connectivity index (χ0) is 13.8. The highest BCUT2D eigenvalue weighted by molar-refractivity contribution is 5.99. The molecule has 4 N–H and O–H groups in total. The van der Waals surface area contributed by atoms with Crippen molar-refractivity contribution >= 4 is 17.6 Å². The van der Waals surface area contributed by atoms with E-state index < -0.39 is 5.97 Å². The summed E-state index contributed by atoms with van der Waals surface area (Å²) < 4.78 is 6.20. The van der Waals surface area contributed by atoms with E-state index in [2.05, 4.69) is 10.4 Å². The van der Waals surface area contributed by atoms with E-state index in [0.717, 1.165) is 26.2 Å². The number of carbonyl (C=O) groups is 1. The number of nitrogens with two attached hydrogens (primary N) is 1. The fraction of sp³-hybridized carbons (Fsp3) is 0.636. The number of hydrogen-bond acceptors (Lipinski definition) is 7. The Morgan fingerprint density at radius 1 is 1.53 bits per heavy atom. The second-order valence-corrected chi connectivity index (χ2v) is 4.26. The number of nitrogens with one attached hydrogen (secondary N) is 1. The van der Waals surface area contributed by atoms with E-state index in [1.165, 1.54) is 11.8 Å². The van der Waals surface area contributed by atoms with E-state index >= 15 is 0 Å². The number of nitrogen functional groups attached to an aromatic ring is 1. The van der Waals surface area contributed by atoms with Gasteiger partial charge in [-0.25, -0.2) is 9.48 Å². The van der Waals surface area contributed by atoms with Crippen molar-refractivity contribution in [3.63, 3.8) is 0 Å². The van der Waals surface area contributed by atoms with Crippen molar-refractivity contribution in [2.45, 2.75) is 6.54 Å². The average molecular weight is 269 g/mol. The van der Waals surface area contributed by atoms with Gasteiger partial charge in [-0.2, -0.15) is 5.10 Å². The Labute approximate surface area is 111 Å². The van der Waals surface area contributed by atoms with Crippen molar-refractivity contribution in [3.05, 3.63) is 5.56 Å². The molecule has 19 heavy (non-hydrogen) atoms. The highest BCUT2D eigenvalue weighted by atomic mass is 16.5. The summed E-state index contributed by atoms with van der Waals surface area (Å²) in [6.07, 6.45) is 0. The van der Waals surface area contributed by atoms with Crippen LogP contribution >= 0.6 is 0 Å². The highest BCUT2D eigenvalue weighted by Crippen LogP contribution is 2.26. The number of aromatic nitrogens is 2. The zero-order valence-electron chi connectivity index (χ0n) is 10.9. The molecule has 0 saturated carbocycles. The summed E-state index contributed by atoms with van der Waals surface area (Å²) in [5.41, 5.74) is 6.20. The number of rotatable bonds is 4. The van der Waals surface area contributed by atoms with Gasteiger partial charge in [-0.05, 0) is 0 Å². The molecule has 2 heterocycles. The Hall–Kier alpha value is -1.80. The van der Waals surface area contributed by atoms with Crippen LogP contribution in [0.2, 0.25) is 0 Å². The SMILES string of the molecule is COC(=O)c1c(N2CCNCC2)nn(CCO)c1N.